The van der Waals surface area contributed by atoms with Crippen LogP contribution >= 0.6 is 0 Å². The van der Waals surface area contributed by atoms with E-state index in [-0.39, 0.29) is 11.3 Å². The molecule has 1 aromatic rings. The van der Waals surface area contributed by atoms with Crippen LogP contribution in [0.15, 0.2) is 23.3 Å². The predicted octanol–water partition coefficient (Wildman–Crippen LogP) is 1.75. The molecule has 1 aliphatic rings. The van der Waals surface area contributed by atoms with E-state index >= 15 is 0 Å². The molecule has 25 heavy (non-hydrogen) atoms. The number of rotatable bonds is 6. The van der Waals surface area contributed by atoms with Crippen LogP contribution in [0.3, 0.4) is 0 Å². The Morgan fingerprint density at radius 1 is 1.28 bits per heavy atom. The third-order valence-corrected chi connectivity index (χ3v) is 4.92. The SMILES string of the molecule is CN=C(NCCc1ccc(C)nc1)NCC1(C(=O)N(C)C)CCCC1. The number of hydrogen-bond donors (Lipinski definition) is 2. The standard InChI is InChI=1S/C19H31N5O/c1-15-7-8-16(13-22-15)9-12-21-18(20-2)23-14-19(10-5-6-11-19)17(25)24(3)4/h7-8,13H,5-6,9-12,14H2,1-4H3,(H2,20,21,23). The van der Waals surface area contributed by atoms with Gasteiger partial charge in [-0.05, 0) is 37.8 Å². The fourth-order valence-electron chi connectivity index (χ4n) is 3.44. The molecule has 2 rings (SSSR count). The first-order chi connectivity index (χ1) is 12.0. The Kier molecular flexibility index (Phi) is 6.79. The lowest BCUT2D eigenvalue weighted by Crippen LogP contribution is -2.49. The van der Waals surface area contributed by atoms with Gasteiger partial charge in [-0.25, -0.2) is 0 Å². The second-order valence-corrected chi connectivity index (χ2v) is 7.10. The summed E-state index contributed by atoms with van der Waals surface area (Å²) in [5.74, 6) is 0.969. The van der Waals surface area contributed by atoms with E-state index in [2.05, 4.69) is 26.7 Å². The van der Waals surface area contributed by atoms with Gasteiger partial charge < -0.3 is 15.5 Å². The molecule has 1 saturated carbocycles. The highest BCUT2D eigenvalue weighted by molar-refractivity contribution is 5.85. The maximum absolute atomic E-state index is 12.6. The summed E-state index contributed by atoms with van der Waals surface area (Å²) >= 11 is 0. The van der Waals surface area contributed by atoms with Crippen molar-refractivity contribution < 1.29 is 4.79 Å². The normalized spacial score (nSPS) is 16.6. The van der Waals surface area contributed by atoms with Crippen molar-refractivity contribution in [3.8, 4) is 0 Å². The Hall–Kier alpha value is -2.11. The third-order valence-electron chi connectivity index (χ3n) is 4.92. The maximum atomic E-state index is 12.6. The summed E-state index contributed by atoms with van der Waals surface area (Å²) in [5.41, 5.74) is 1.94. The molecule has 138 valence electrons. The van der Waals surface area contributed by atoms with Crippen LogP contribution < -0.4 is 10.6 Å². The van der Waals surface area contributed by atoms with Gasteiger partial charge in [-0.1, -0.05) is 18.9 Å². The minimum atomic E-state index is -0.290. The molecule has 0 aliphatic heterocycles. The molecule has 0 atom stereocenters. The van der Waals surface area contributed by atoms with Crippen molar-refractivity contribution in [1.82, 2.24) is 20.5 Å². The summed E-state index contributed by atoms with van der Waals surface area (Å²) in [7, 11) is 5.44. The Morgan fingerprint density at radius 3 is 2.56 bits per heavy atom. The van der Waals surface area contributed by atoms with Gasteiger partial charge in [0.15, 0.2) is 5.96 Å². The number of nitrogens with zero attached hydrogens (tertiary/aromatic N) is 3. The molecule has 0 bridgehead atoms. The van der Waals surface area contributed by atoms with Crippen molar-refractivity contribution in [3.63, 3.8) is 0 Å². The molecular weight excluding hydrogens is 314 g/mol. The minimum absolute atomic E-state index is 0.221. The minimum Gasteiger partial charge on any atom is -0.356 e. The smallest absolute Gasteiger partial charge is 0.230 e. The molecule has 1 heterocycles. The number of amides is 1. The quantitative estimate of drug-likeness (QED) is 0.609. The number of aromatic nitrogens is 1. The molecule has 0 radical (unpaired) electrons. The molecule has 0 spiro atoms. The molecule has 0 unspecified atom stereocenters. The number of carbonyl (C=O) groups excluding carboxylic acids is 1. The van der Waals surface area contributed by atoms with Crippen molar-refractivity contribution in [2.45, 2.75) is 39.0 Å². The number of pyridine rings is 1. The second kappa shape index (κ2) is 8.83. The molecule has 0 aromatic carbocycles. The summed E-state index contributed by atoms with van der Waals surface area (Å²) in [6, 6.07) is 4.13. The Balaban J connectivity index is 1.84. The van der Waals surface area contributed by atoms with Gasteiger partial charge in [0.2, 0.25) is 5.91 Å². The molecule has 1 aromatic heterocycles. The largest absolute Gasteiger partial charge is 0.356 e. The summed E-state index contributed by atoms with van der Waals surface area (Å²) in [4.78, 5) is 22.9. The number of carbonyl (C=O) groups is 1. The Labute approximate surface area is 151 Å². The molecule has 1 fully saturated rings. The zero-order valence-electron chi connectivity index (χ0n) is 15.9. The van der Waals surface area contributed by atoms with Crippen LogP contribution in [0.4, 0.5) is 0 Å². The summed E-state index contributed by atoms with van der Waals surface area (Å²) in [5, 5.41) is 6.69. The van der Waals surface area contributed by atoms with E-state index in [1.807, 2.05) is 33.3 Å². The molecule has 1 aliphatic carbocycles. The Bertz CT molecular complexity index is 588. The first-order valence-electron chi connectivity index (χ1n) is 9.05. The van der Waals surface area contributed by atoms with E-state index in [1.54, 1.807) is 11.9 Å². The van der Waals surface area contributed by atoms with Crippen molar-refractivity contribution in [2.75, 3.05) is 34.2 Å². The van der Waals surface area contributed by atoms with Gasteiger partial charge >= 0.3 is 0 Å². The van der Waals surface area contributed by atoms with E-state index in [9.17, 15) is 4.79 Å². The van der Waals surface area contributed by atoms with Crippen molar-refractivity contribution >= 4 is 11.9 Å². The highest BCUT2D eigenvalue weighted by atomic mass is 16.2. The van der Waals surface area contributed by atoms with Gasteiger partial charge in [-0.2, -0.15) is 0 Å². The van der Waals surface area contributed by atoms with Gasteiger partial charge in [0.05, 0.1) is 5.41 Å². The van der Waals surface area contributed by atoms with Gasteiger partial charge in [-0.3, -0.25) is 14.8 Å². The van der Waals surface area contributed by atoms with E-state index < -0.39 is 0 Å². The second-order valence-electron chi connectivity index (χ2n) is 7.10. The monoisotopic (exact) mass is 345 g/mol. The molecular formula is C19H31N5O. The van der Waals surface area contributed by atoms with E-state index in [4.69, 9.17) is 0 Å². The molecule has 6 nitrogen and oxygen atoms in total. The molecule has 6 heteroatoms. The fourth-order valence-corrected chi connectivity index (χ4v) is 3.44. The molecule has 0 saturated heterocycles. The predicted molar refractivity (Wildman–Crippen MR) is 102 cm³/mol. The average molecular weight is 345 g/mol. The average Bonchev–Trinajstić information content (AvgIpc) is 3.08. The van der Waals surface area contributed by atoms with Crippen molar-refractivity contribution in [3.05, 3.63) is 29.6 Å². The van der Waals surface area contributed by atoms with E-state index in [0.29, 0.717) is 6.54 Å². The van der Waals surface area contributed by atoms with Gasteiger partial charge in [0.1, 0.15) is 0 Å². The van der Waals surface area contributed by atoms with Crippen LogP contribution in [0.2, 0.25) is 0 Å². The van der Waals surface area contributed by atoms with Gasteiger partial charge in [-0.15, -0.1) is 0 Å². The number of guanidine groups is 1. The highest BCUT2D eigenvalue weighted by Gasteiger charge is 2.42. The van der Waals surface area contributed by atoms with Gasteiger partial charge in [0.25, 0.3) is 0 Å². The molecule has 1 amide bonds. The van der Waals surface area contributed by atoms with Crippen LogP contribution in [0.25, 0.3) is 0 Å². The third kappa shape index (κ3) is 5.18. The molecule has 2 N–H and O–H groups in total. The summed E-state index contributed by atoms with van der Waals surface area (Å²) < 4.78 is 0. The van der Waals surface area contributed by atoms with E-state index in [1.165, 1.54) is 5.56 Å². The van der Waals surface area contributed by atoms with Crippen LogP contribution in [0.1, 0.15) is 36.9 Å². The topological polar surface area (TPSA) is 69.6 Å². The number of nitrogens with one attached hydrogen (secondary N) is 2. The van der Waals surface area contributed by atoms with Crippen LogP contribution in [0, 0.1) is 12.3 Å². The van der Waals surface area contributed by atoms with Crippen LogP contribution in [0.5, 0.6) is 0 Å². The first-order valence-corrected chi connectivity index (χ1v) is 9.05. The van der Waals surface area contributed by atoms with Gasteiger partial charge in [0, 0.05) is 46.1 Å². The number of aliphatic imine (C=N–C) groups is 1. The summed E-state index contributed by atoms with van der Waals surface area (Å²) in [6.07, 6.45) is 6.93. The zero-order chi connectivity index (χ0) is 18.3. The Morgan fingerprint density at radius 2 is 2.00 bits per heavy atom. The lowest BCUT2D eigenvalue weighted by molar-refractivity contribution is -0.138. The number of hydrogen-bond acceptors (Lipinski definition) is 3. The summed E-state index contributed by atoms with van der Waals surface area (Å²) in [6.45, 7) is 3.40. The fraction of sp³-hybridized carbons (Fsp3) is 0.632. The van der Waals surface area contributed by atoms with Crippen LogP contribution in [-0.4, -0.2) is 56.0 Å². The maximum Gasteiger partial charge on any atom is 0.230 e. The van der Waals surface area contributed by atoms with Crippen molar-refractivity contribution in [1.29, 1.82) is 0 Å². The van der Waals surface area contributed by atoms with E-state index in [0.717, 1.165) is 50.3 Å². The highest BCUT2D eigenvalue weighted by Crippen LogP contribution is 2.38. The van der Waals surface area contributed by atoms with Crippen molar-refractivity contribution in [2.24, 2.45) is 10.4 Å². The zero-order valence-corrected chi connectivity index (χ0v) is 15.9. The number of aryl methyl sites for hydroxylation is 1. The lowest BCUT2D eigenvalue weighted by atomic mass is 9.84. The lowest BCUT2D eigenvalue weighted by Gasteiger charge is -2.31. The van der Waals surface area contributed by atoms with Crippen LogP contribution in [-0.2, 0) is 11.2 Å². The first kappa shape index (κ1) is 19.2.